The number of hydrogen-bond acceptors (Lipinski definition) is 6. The van der Waals surface area contributed by atoms with Crippen molar-refractivity contribution in [2.24, 2.45) is 5.10 Å². The summed E-state index contributed by atoms with van der Waals surface area (Å²) in [6, 6.07) is 16.3. The van der Waals surface area contributed by atoms with Crippen LogP contribution in [0.4, 0.5) is 4.39 Å². The predicted molar refractivity (Wildman–Crippen MR) is 127 cm³/mol. The van der Waals surface area contributed by atoms with Crippen molar-refractivity contribution in [2.45, 2.75) is 6.61 Å². The van der Waals surface area contributed by atoms with E-state index in [1.165, 1.54) is 26.5 Å². The van der Waals surface area contributed by atoms with Crippen molar-refractivity contribution in [3.05, 3.63) is 95.8 Å². The molecule has 34 heavy (non-hydrogen) atoms. The molecule has 3 rings (SSSR count). The summed E-state index contributed by atoms with van der Waals surface area (Å²) >= 11 is 0. The molecule has 1 N–H and O–H groups in total. The molecular formula is C26H25FN2O5. The molecule has 0 bridgehead atoms. The first kappa shape index (κ1) is 24.3. The van der Waals surface area contributed by atoms with Gasteiger partial charge in [-0.05, 0) is 48.0 Å². The maximum absolute atomic E-state index is 13.8. The Labute approximate surface area is 197 Å². The topological polar surface area (TPSA) is 78.4 Å². The van der Waals surface area contributed by atoms with Gasteiger partial charge >= 0.3 is 0 Å². The van der Waals surface area contributed by atoms with Gasteiger partial charge in [-0.2, -0.15) is 5.10 Å². The van der Waals surface area contributed by atoms with E-state index in [9.17, 15) is 9.18 Å². The van der Waals surface area contributed by atoms with Crippen molar-refractivity contribution >= 4 is 12.1 Å². The van der Waals surface area contributed by atoms with Crippen LogP contribution >= 0.6 is 0 Å². The van der Waals surface area contributed by atoms with Crippen molar-refractivity contribution in [2.75, 3.05) is 20.8 Å². The maximum atomic E-state index is 13.8. The van der Waals surface area contributed by atoms with Crippen molar-refractivity contribution < 1.29 is 28.1 Å². The fourth-order valence-electron chi connectivity index (χ4n) is 2.96. The van der Waals surface area contributed by atoms with E-state index in [0.717, 1.165) is 0 Å². The number of carbonyl (C=O) groups is 1. The average molecular weight is 464 g/mol. The number of hydrazone groups is 1. The molecule has 0 saturated carbocycles. The highest BCUT2D eigenvalue weighted by atomic mass is 19.1. The van der Waals surface area contributed by atoms with Crippen LogP contribution in [0.15, 0.2) is 78.4 Å². The van der Waals surface area contributed by atoms with Gasteiger partial charge in [0.25, 0.3) is 5.91 Å². The quantitative estimate of drug-likeness (QED) is 0.252. The average Bonchev–Trinajstić information content (AvgIpc) is 2.87. The zero-order valence-corrected chi connectivity index (χ0v) is 18.9. The van der Waals surface area contributed by atoms with E-state index < -0.39 is 5.91 Å². The van der Waals surface area contributed by atoms with Gasteiger partial charge in [0.05, 0.1) is 20.4 Å². The lowest BCUT2D eigenvalue weighted by Gasteiger charge is -2.12. The summed E-state index contributed by atoms with van der Waals surface area (Å²) in [6.45, 7) is 3.99. The SMILES string of the molecule is C=CCOc1ccc(C(=O)N/N=C/c2ccc(OCc3ccccc3F)c(OC)c2)cc1OC. The molecule has 0 fully saturated rings. The van der Waals surface area contributed by atoms with Crippen LogP contribution in [-0.2, 0) is 6.61 Å². The van der Waals surface area contributed by atoms with Gasteiger partial charge in [0, 0.05) is 11.1 Å². The third-order valence-electron chi connectivity index (χ3n) is 4.69. The number of nitrogens with zero attached hydrogens (tertiary/aromatic N) is 1. The molecule has 3 aromatic rings. The number of ether oxygens (including phenoxy) is 4. The largest absolute Gasteiger partial charge is 0.493 e. The van der Waals surface area contributed by atoms with Crippen LogP contribution in [0.2, 0.25) is 0 Å². The van der Waals surface area contributed by atoms with Crippen molar-refractivity contribution in [1.29, 1.82) is 0 Å². The summed E-state index contributed by atoms with van der Waals surface area (Å²) in [5.74, 6) is 1.09. The second-order valence-corrected chi connectivity index (χ2v) is 6.95. The Kier molecular flexibility index (Phi) is 8.62. The Hall–Kier alpha value is -4.33. The fraction of sp³-hybridized carbons (Fsp3) is 0.154. The predicted octanol–water partition coefficient (Wildman–Crippen LogP) is 4.75. The van der Waals surface area contributed by atoms with Crippen LogP contribution in [0, 0.1) is 5.82 Å². The number of methoxy groups -OCH3 is 2. The smallest absolute Gasteiger partial charge is 0.271 e. The zero-order valence-electron chi connectivity index (χ0n) is 18.9. The Balaban J connectivity index is 1.63. The molecule has 0 aliphatic rings. The van der Waals surface area contributed by atoms with Crippen LogP contribution in [0.25, 0.3) is 0 Å². The van der Waals surface area contributed by atoms with E-state index in [4.69, 9.17) is 18.9 Å². The lowest BCUT2D eigenvalue weighted by atomic mass is 10.2. The molecule has 0 aromatic heterocycles. The number of nitrogens with one attached hydrogen (secondary N) is 1. The molecule has 1 amide bonds. The number of hydrogen-bond donors (Lipinski definition) is 1. The van der Waals surface area contributed by atoms with Crippen LogP contribution in [0.1, 0.15) is 21.5 Å². The Morgan fingerprint density at radius 3 is 2.41 bits per heavy atom. The number of halogens is 1. The normalized spacial score (nSPS) is 10.6. The molecule has 0 aliphatic carbocycles. The summed E-state index contributed by atoms with van der Waals surface area (Å²) in [6.07, 6.45) is 3.09. The van der Waals surface area contributed by atoms with Crippen LogP contribution in [0.3, 0.4) is 0 Å². The van der Waals surface area contributed by atoms with E-state index in [1.807, 2.05) is 0 Å². The second kappa shape index (κ2) is 12.1. The Morgan fingerprint density at radius 2 is 1.68 bits per heavy atom. The highest BCUT2D eigenvalue weighted by Gasteiger charge is 2.11. The fourth-order valence-corrected chi connectivity index (χ4v) is 2.96. The van der Waals surface area contributed by atoms with E-state index >= 15 is 0 Å². The second-order valence-electron chi connectivity index (χ2n) is 6.95. The molecule has 7 nitrogen and oxygen atoms in total. The minimum atomic E-state index is -0.415. The lowest BCUT2D eigenvalue weighted by molar-refractivity contribution is 0.0954. The third kappa shape index (κ3) is 6.35. The van der Waals surface area contributed by atoms with Gasteiger partial charge in [0.1, 0.15) is 19.0 Å². The van der Waals surface area contributed by atoms with E-state index in [-0.39, 0.29) is 12.4 Å². The number of amides is 1. The molecule has 0 heterocycles. The van der Waals surface area contributed by atoms with Crippen LogP contribution in [-0.4, -0.2) is 32.9 Å². The standard InChI is InChI=1S/C26H25FN2O5/c1-4-13-33-22-12-10-19(15-25(22)32-3)26(30)29-28-16-18-9-11-23(24(14-18)31-2)34-17-20-7-5-6-8-21(20)27/h4-12,14-16H,1,13,17H2,2-3H3,(H,29,30)/b28-16+. The van der Waals surface area contributed by atoms with Gasteiger partial charge in [-0.3, -0.25) is 4.79 Å². The lowest BCUT2D eigenvalue weighted by Crippen LogP contribution is -2.17. The Morgan fingerprint density at radius 1 is 0.971 bits per heavy atom. The van der Waals surface area contributed by atoms with Crippen molar-refractivity contribution in [1.82, 2.24) is 5.43 Å². The zero-order chi connectivity index (χ0) is 24.3. The van der Waals surface area contributed by atoms with Crippen LogP contribution < -0.4 is 24.4 Å². The van der Waals surface area contributed by atoms with Gasteiger partial charge in [0.2, 0.25) is 0 Å². The first-order chi connectivity index (χ1) is 16.5. The molecule has 0 radical (unpaired) electrons. The summed E-state index contributed by atoms with van der Waals surface area (Å²) < 4.78 is 35.6. The van der Waals surface area contributed by atoms with Gasteiger partial charge in [-0.1, -0.05) is 30.9 Å². The molecule has 0 spiro atoms. The molecular weight excluding hydrogens is 439 g/mol. The number of rotatable bonds is 11. The summed E-state index contributed by atoms with van der Waals surface area (Å²) in [7, 11) is 3.00. The number of benzene rings is 3. The van der Waals surface area contributed by atoms with Gasteiger partial charge in [-0.15, -0.1) is 0 Å². The molecule has 8 heteroatoms. The monoisotopic (exact) mass is 464 g/mol. The Bertz CT molecular complexity index is 1180. The summed E-state index contributed by atoms with van der Waals surface area (Å²) in [4.78, 5) is 12.4. The molecule has 0 saturated heterocycles. The molecule has 0 unspecified atom stereocenters. The van der Waals surface area contributed by atoms with Gasteiger partial charge < -0.3 is 18.9 Å². The van der Waals surface area contributed by atoms with Crippen LogP contribution in [0.5, 0.6) is 23.0 Å². The summed E-state index contributed by atoms with van der Waals surface area (Å²) in [5, 5.41) is 4.00. The van der Waals surface area contributed by atoms with E-state index in [1.54, 1.807) is 60.7 Å². The van der Waals surface area contributed by atoms with Gasteiger partial charge in [0.15, 0.2) is 23.0 Å². The van der Waals surface area contributed by atoms with Gasteiger partial charge in [-0.25, -0.2) is 9.82 Å². The molecule has 0 aliphatic heterocycles. The third-order valence-corrected chi connectivity index (χ3v) is 4.69. The maximum Gasteiger partial charge on any atom is 0.271 e. The molecule has 0 atom stereocenters. The van der Waals surface area contributed by atoms with Crippen molar-refractivity contribution in [3.8, 4) is 23.0 Å². The van der Waals surface area contributed by atoms with Crippen molar-refractivity contribution in [3.63, 3.8) is 0 Å². The number of carbonyl (C=O) groups excluding carboxylic acids is 1. The minimum Gasteiger partial charge on any atom is -0.493 e. The first-order valence-corrected chi connectivity index (χ1v) is 10.3. The van der Waals surface area contributed by atoms with E-state index in [0.29, 0.717) is 46.3 Å². The summed E-state index contributed by atoms with van der Waals surface area (Å²) in [5.41, 5.74) is 3.93. The molecule has 176 valence electrons. The first-order valence-electron chi connectivity index (χ1n) is 10.3. The molecule has 3 aromatic carbocycles. The minimum absolute atomic E-state index is 0.0629. The highest BCUT2D eigenvalue weighted by Crippen LogP contribution is 2.29. The highest BCUT2D eigenvalue weighted by molar-refractivity contribution is 5.95. The van der Waals surface area contributed by atoms with E-state index in [2.05, 4.69) is 17.1 Å².